The van der Waals surface area contributed by atoms with Crippen LogP contribution in [0.1, 0.15) is 37.7 Å². The highest BCUT2D eigenvalue weighted by Gasteiger charge is 2.19. The SMILES string of the molecule is CCOc1ccc(NC(=O)Cn2c(C)cc3nc4n(c(=O)c32)CCCCC4)cc1. The molecule has 0 radical (unpaired) electrons. The van der Waals surface area contributed by atoms with Gasteiger partial charge in [0.05, 0.1) is 12.1 Å². The molecule has 7 heteroatoms. The van der Waals surface area contributed by atoms with Crippen molar-refractivity contribution in [2.75, 3.05) is 11.9 Å². The normalized spacial score (nSPS) is 13.7. The first-order valence-corrected chi connectivity index (χ1v) is 10.2. The first kappa shape index (κ1) is 19.2. The third-order valence-corrected chi connectivity index (χ3v) is 5.33. The van der Waals surface area contributed by atoms with Crippen LogP contribution >= 0.6 is 0 Å². The number of nitrogens with zero attached hydrogens (tertiary/aromatic N) is 3. The quantitative estimate of drug-likeness (QED) is 0.720. The van der Waals surface area contributed by atoms with Crippen molar-refractivity contribution in [1.29, 1.82) is 0 Å². The number of aromatic nitrogens is 3. The Balaban J connectivity index is 1.60. The molecule has 3 aromatic rings. The van der Waals surface area contributed by atoms with Crippen LogP contribution in [0, 0.1) is 6.92 Å². The standard InChI is InChI=1S/C22H26N4O3/c1-3-29-17-10-8-16(9-11-17)23-20(27)14-26-15(2)13-18-21(26)22(28)25-12-6-4-5-7-19(25)24-18/h8-11,13H,3-7,12,14H2,1-2H3,(H,23,27). The number of rotatable bonds is 5. The fourth-order valence-corrected chi connectivity index (χ4v) is 3.91. The van der Waals surface area contributed by atoms with Crippen molar-refractivity contribution < 1.29 is 9.53 Å². The van der Waals surface area contributed by atoms with E-state index in [-0.39, 0.29) is 18.0 Å². The third-order valence-electron chi connectivity index (χ3n) is 5.33. The number of carbonyl (C=O) groups excluding carboxylic acids is 1. The molecule has 3 heterocycles. The van der Waals surface area contributed by atoms with Crippen LogP contribution in [0.4, 0.5) is 5.69 Å². The molecule has 0 unspecified atom stereocenters. The average molecular weight is 394 g/mol. The lowest BCUT2D eigenvalue weighted by Crippen LogP contribution is -2.28. The van der Waals surface area contributed by atoms with E-state index in [1.165, 1.54) is 0 Å². The molecule has 1 aliphatic heterocycles. The molecule has 0 spiro atoms. The summed E-state index contributed by atoms with van der Waals surface area (Å²) in [5.41, 5.74) is 2.68. The van der Waals surface area contributed by atoms with Gasteiger partial charge in [-0.2, -0.15) is 0 Å². The molecule has 1 aliphatic rings. The number of aryl methyl sites for hydroxylation is 2. The van der Waals surface area contributed by atoms with Gasteiger partial charge in [0.1, 0.15) is 23.6 Å². The topological polar surface area (TPSA) is 78.2 Å². The third kappa shape index (κ3) is 3.90. The van der Waals surface area contributed by atoms with Crippen molar-refractivity contribution in [3.63, 3.8) is 0 Å². The van der Waals surface area contributed by atoms with E-state index in [2.05, 4.69) is 5.32 Å². The Labute approximate surface area is 169 Å². The lowest BCUT2D eigenvalue weighted by molar-refractivity contribution is -0.116. The van der Waals surface area contributed by atoms with E-state index < -0.39 is 0 Å². The Morgan fingerprint density at radius 1 is 1.21 bits per heavy atom. The predicted octanol–water partition coefficient (Wildman–Crippen LogP) is 3.27. The highest BCUT2D eigenvalue weighted by Crippen LogP contribution is 2.19. The summed E-state index contributed by atoms with van der Waals surface area (Å²) in [6, 6.07) is 9.15. The number of nitrogens with one attached hydrogen (secondary N) is 1. The van der Waals surface area contributed by atoms with Crippen molar-refractivity contribution in [1.82, 2.24) is 14.1 Å². The number of carbonyl (C=O) groups is 1. The number of benzene rings is 1. The number of amides is 1. The van der Waals surface area contributed by atoms with Gasteiger partial charge in [-0.15, -0.1) is 0 Å². The van der Waals surface area contributed by atoms with E-state index in [1.54, 1.807) is 21.3 Å². The zero-order valence-electron chi connectivity index (χ0n) is 16.9. The van der Waals surface area contributed by atoms with Crippen LogP contribution in [0.2, 0.25) is 0 Å². The van der Waals surface area contributed by atoms with E-state index in [9.17, 15) is 9.59 Å². The van der Waals surface area contributed by atoms with Crippen molar-refractivity contribution in [2.24, 2.45) is 0 Å². The summed E-state index contributed by atoms with van der Waals surface area (Å²) in [5, 5.41) is 2.89. The molecule has 152 valence electrons. The zero-order valence-corrected chi connectivity index (χ0v) is 16.9. The minimum atomic E-state index is -0.186. The minimum absolute atomic E-state index is 0.0473. The fraction of sp³-hybridized carbons (Fsp3) is 0.409. The molecule has 1 aromatic carbocycles. The molecule has 0 aliphatic carbocycles. The number of ether oxygens (including phenoxy) is 1. The summed E-state index contributed by atoms with van der Waals surface area (Å²) in [7, 11) is 0. The van der Waals surface area contributed by atoms with Gasteiger partial charge in [-0.25, -0.2) is 4.98 Å². The molecule has 2 aromatic heterocycles. The maximum absolute atomic E-state index is 13.2. The molecule has 0 saturated heterocycles. The van der Waals surface area contributed by atoms with Crippen LogP contribution in [0.15, 0.2) is 35.1 Å². The van der Waals surface area contributed by atoms with Crippen molar-refractivity contribution in [3.05, 3.63) is 52.2 Å². The molecule has 1 amide bonds. The van der Waals surface area contributed by atoms with E-state index in [0.29, 0.717) is 29.9 Å². The highest BCUT2D eigenvalue weighted by atomic mass is 16.5. The minimum Gasteiger partial charge on any atom is -0.494 e. The predicted molar refractivity (Wildman–Crippen MR) is 113 cm³/mol. The largest absolute Gasteiger partial charge is 0.494 e. The van der Waals surface area contributed by atoms with E-state index in [1.807, 2.05) is 32.0 Å². The molecule has 7 nitrogen and oxygen atoms in total. The number of fused-ring (bicyclic) bond motifs is 2. The lowest BCUT2D eigenvalue weighted by Gasteiger charge is -2.12. The molecule has 29 heavy (non-hydrogen) atoms. The molecule has 0 bridgehead atoms. The molecule has 0 fully saturated rings. The number of hydrogen-bond acceptors (Lipinski definition) is 4. The molecular weight excluding hydrogens is 368 g/mol. The first-order valence-electron chi connectivity index (χ1n) is 10.2. The maximum atomic E-state index is 13.2. The Bertz CT molecular complexity index is 1100. The smallest absolute Gasteiger partial charge is 0.278 e. The Hall–Kier alpha value is -3.09. The second kappa shape index (κ2) is 8.11. The van der Waals surface area contributed by atoms with Crippen LogP contribution in [0.5, 0.6) is 5.75 Å². The maximum Gasteiger partial charge on any atom is 0.278 e. The number of anilines is 1. The Morgan fingerprint density at radius 2 is 2.00 bits per heavy atom. The average Bonchev–Trinajstić information content (AvgIpc) is 2.86. The van der Waals surface area contributed by atoms with E-state index in [0.717, 1.165) is 43.0 Å². The molecule has 1 N–H and O–H groups in total. The van der Waals surface area contributed by atoms with Crippen LogP contribution in [-0.2, 0) is 24.3 Å². The number of hydrogen-bond donors (Lipinski definition) is 1. The van der Waals surface area contributed by atoms with Gasteiger partial charge in [-0.05, 0) is 57.0 Å². The van der Waals surface area contributed by atoms with Gasteiger partial charge < -0.3 is 14.6 Å². The monoisotopic (exact) mass is 394 g/mol. The summed E-state index contributed by atoms with van der Waals surface area (Å²) < 4.78 is 8.98. The van der Waals surface area contributed by atoms with Gasteiger partial charge in [-0.3, -0.25) is 14.2 Å². The fourth-order valence-electron chi connectivity index (χ4n) is 3.91. The Kier molecular flexibility index (Phi) is 5.38. The molecular formula is C22H26N4O3. The van der Waals surface area contributed by atoms with Gasteiger partial charge in [0.15, 0.2) is 0 Å². The Morgan fingerprint density at radius 3 is 2.76 bits per heavy atom. The lowest BCUT2D eigenvalue weighted by atomic mass is 10.2. The summed E-state index contributed by atoms with van der Waals surface area (Å²) >= 11 is 0. The van der Waals surface area contributed by atoms with Crippen molar-refractivity contribution >= 4 is 22.6 Å². The molecule has 0 atom stereocenters. The van der Waals surface area contributed by atoms with Crippen molar-refractivity contribution in [3.8, 4) is 5.75 Å². The van der Waals surface area contributed by atoms with Gasteiger partial charge >= 0.3 is 0 Å². The van der Waals surface area contributed by atoms with Gasteiger partial charge in [0, 0.05) is 24.3 Å². The van der Waals surface area contributed by atoms with Crippen LogP contribution in [0.3, 0.4) is 0 Å². The van der Waals surface area contributed by atoms with Gasteiger partial charge in [0.25, 0.3) is 5.56 Å². The van der Waals surface area contributed by atoms with E-state index in [4.69, 9.17) is 9.72 Å². The summed E-state index contributed by atoms with van der Waals surface area (Å²) in [6.45, 7) is 5.19. The van der Waals surface area contributed by atoms with Crippen LogP contribution < -0.4 is 15.6 Å². The zero-order chi connectivity index (χ0) is 20.4. The second-order valence-electron chi connectivity index (χ2n) is 7.41. The molecule has 4 rings (SSSR count). The molecule has 0 saturated carbocycles. The summed E-state index contributed by atoms with van der Waals surface area (Å²) in [4.78, 5) is 30.5. The second-order valence-corrected chi connectivity index (χ2v) is 7.41. The van der Waals surface area contributed by atoms with Gasteiger partial charge in [-0.1, -0.05) is 6.42 Å². The summed E-state index contributed by atoms with van der Waals surface area (Å²) in [5.74, 6) is 1.43. The highest BCUT2D eigenvalue weighted by molar-refractivity contribution is 5.92. The van der Waals surface area contributed by atoms with E-state index >= 15 is 0 Å². The first-order chi connectivity index (χ1) is 14.1. The van der Waals surface area contributed by atoms with Crippen LogP contribution in [-0.4, -0.2) is 26.6 Å². The van der Waals surface area contributed by atoms with Crippen molar-refractivity contribution in [2.45, 2.75) is 52.6 Å². The summed E-state index contributed by atoms with van der Waals surface area (Å²) in [6.07, 6.45) is 3.98. The van der Waals surface area contributed by atoms with Crippen LogP contribution in [0.25, 0.3) is 11.0 Å². The van der Waals surface area contributed by atoms with Gasteiger partial charge in [0.2, 0.25) is 5.91 Å².